The Kier molecular flexibility index (Phi) is 4.36. The number of benzene rings is 1. The van der Waals surface area contributed by atoms with Crippen molar-refractivity contribution in [1.82, 2.24) is 0 Å². The Morgan fingerprint density at radius 2 is 2.14 bits per heavy atom. The fourth-order valence-electron chi connectivity index (χ4n) is 1.08. The number of alkyl halides is 1. The lowest BCUT2D eigenvalue weighted by Gasteiger charge is -2.01. The number of hydrogen-bond acceptors (Lipinski definition) is 1. The van der Waals surface area contributed by atoms with Gasteiger partial charge in [-0.25, -0.2) is 4.39 Å². The number of Topliss-reactive ketones (excluding diaryl/α,β-unsaturated/α-hetero) is 1. The number of ketones is 1. The fraction of sp³-hybridized carbons (Fsp3) is 0.300. The molecule has 0 aliphatic rings. The van der Waals surface area contributed by atoms with Crippen LogP contribution in [0.15, 0.2) is 18.2 Å². The standard InChI is InChI=1S/C10H9Cl2FO/c11-5-1-2-10(14)8-4-3-7(12)6-9(8)13/h3-4,6H,1-2,5H2. The van der Waals surface area contributed by atoms with Crippen LogP contribution in [-0.4, -0.2) is 11.7 Å². The third-order valence-electron chi connectivity index (χ3n) is 1.77. The van der Waals surface area contributed by atoms with Crippen LogP contribution in [0.25, 0.3) is 0 Å². The van der Waals surface area contributed by atoms with Crippen LogP contribution < -0.4 is 0 Å². The maximum atomic E-state index is 13.2. The molecule has 0 amide bonds. The first-order valence-corrected chi connectivity index (χ1v) is 5.10. The zero-order chi connectivity index (χ0) is 10.6. The summed E-state index contributed by atoms with van der Waals surface area (Å²) in [6.45, 7) is 0. The van der Waals surface area contributed by atoms with E-state index in [1.165, 1.54) is 12.1 Å². The van der Waals surface area contributed by atoms with Gasteiger partial charge in [-0.3, -0.25) is 4.79 Å². The summed E-state index contributed by atoms with van der Waals surface area (Å²) in [5.74, 6) is -0.405. The molecule has 0 aliphatic heterocycles. The van der Waals surface area contributed by atoms with Gasteiger partial charge in [-0.05, 0) is 24.6 Å². The molecule has 0 unspecified atom stereocenters. The van der Waals surface area contributed by atoms with Gasteiger partial charge in [0.15, 0.2) is 5.78 Å². The first-order valence-electron chi connectivity index (χ1n) is 4.19. The predicted octanol–water partition coefficient (Wildman–Crippen LogP) is 3.68. The van der Waals surface area contributed by atoms with Gasteiger partial charge in [0, 0.05) is 17.3 Å². The fourth-order valence-corrected chi connectivity index (χ4v) is 1.37. The molecule has 0 atom stereocenters. The lowest BCUT2D eigenvalue weighted by atomic mass is 10.1. The second kappa shape index (κ2) is 5.32. The minimum Gasteiger partial charge on any atom is -0.294 e. The number of rotatable bonds is 4. The molecular weight excluding hydrogens is 226 g/mol. The van der Waals surface area contributed by atoms with Crippen molar-refractivity contribution in [2.45, 2.75) is 12.8 Å². The zero-order valence-corrected chi connectivity index (χ0v) is 8.91. The molecule has 0 saturated heterocycles. The number of halogens is 3. The van der Waals surface area contributed by atoms with Crippen molar-refractivity contribution < 1.29 is 9.18 Å². The second-order valence-electron chi connectivity index (χ2n) is 2.84. The van der Waals surface area contributed by atoms with Crippen molar-refractivity contribution in [3.63, 3.8) is 0 Å². The predicted molar refractivity (Wildman–Crippen MR) is 55.7 cm³/mol. The summed E-state index contributed by atoms with van der Waals surface area (Å²) in [5, 5.41) is 0.288. The Hall–Kier alpha value is -0.600. The highest BCUT2D eigenvalue weighted by atomic mass is 35.5. The van der Waals surface area contributed by atoms with Crippen LogP contribution in [0.1, 0.15) is 23.2 Å². The van der Waals surface area contributed by atoms with Gasteiger partial charge in [0.25, 0.3) is 0 Å². The van der Waals surface area contributed by atoms with Crippen LogP contribution in [0.5, 0.6) is 0 Å². The smallest absolute Gasteiger partial charge is 0.165 e. The third kappa shape index (κ3) is 2.96. The summed E-state index contributed by atoms with van der Waals surface area (Å²) >= 11 is 11.0. The van der Waals surface area contributed by atoms with Crippen LogP contribution in [-0.2, 0) is 0 Å². The molecule has 1 aromatic carbocycles. The molecule has 76 valence electrons. The van der Waals surface area contributed by atoms with Gasteiger partial charge in [0.1, 0.15) is 5.82 Å². The molecule has 0 saturated carbocycles. The maximum absolute atomic E-state index is 13.2. The average molecular weight is 235 g/mol. The van der Waals surface area contributed by atoms with Gasteiger partial charge < -0.3 is 0 Å². The first-order chi connectivity index (χ1) is 6.65. The lowest BCUT2D eigenvalue weighted by Crippen LogP contribution is -2.02. The van der Waals surface area contributed by atoms with E-state index in [2.05, 4.69) is 0 Å². The summed E-state index contributed by atoms with van der Waals surface area (Å²) in [4.78, 5) is 11.4. The second-order valence-corrected chi connectivity index (χ2v) is 3.65. The van der Waals surface area contributed by atoms with Gasteiger partial charge in [-0.2, -0.15) is 0 Å². The highest BCUT2D eigenvalue weighted by Crippen LogP contribution is 2.16. The molecule has 0 spiro atoms. The summed E-state index contributed by atoms with van der Waals surface area (Å²) in [5.41, 5.74) is 0.0829. The van der Waals surface area contributed by atoms with Crippen molar-refractivity contribution in [2.75, 3.05) is 5.88 Å². The quantitative estimate of drug-likeness (QED) is 0.574. The highest BCUT2D eigenvalue weighted by Gasteiger charge is 2.10. The van der Waals surface area contributed by atoms with E-state index in [9.17, 15) is 9.18 Å². The summed E-state index contributed by atoms with van der Waals surface area (Å²) in [7, 11) is 0. The zero-order valence-electron chi connectivity index (χ0n) is 7.40. The van der Waals surface area contributed by atoms with E-state index in [1.54, 1.807) is 0 Å². The van der Waals surface area contributed by atoms with Crippen molar-refractivity contribution in [3.05, 3.63) is 34.6 Å². The number of carbonyl (C=O) groups is 1. The van der Waals surface area contributed by atoms with Crippen LogP contribution in [0.4, 0.5) is 4.39 Å². The number of carbonyl (C=O) groups excluding carboxylic acids is 1. The van der Waals surface area contributed by atoms with Gasteiger partial charge in [0.2, 0.25) is 0 Å². The van der Waals surface area contributed by atoms with E-state index in [0.29, 0.717) is 12.3 Å². The van der Waals surface area contributed by atoms with Crippen molar-refractivity contribution in [2.24, 2.45) is 0 Å². The van der Waals surface area contributed by atoms with Gasteiger partial charge in [-0.15, -0.1) is 11.6 Å². The molecule has 4 heteroatoms. The van der Waals surface area contributed by atoms with Crippen molar-refractivity contribution >= 4 is 29.0 Å². The molecule has 1 rings (SSSR count). The van der Waals surface area contributed by atoms with Crippen LogP contribution in [0.2, 0.25) is 5.02 Å². The van der Waals surface area contributed by atoms with Gasteiger partial charge >= 0.3 is 0 Å². The lowest BCUT2D eigenvalue weighted by molar-refractivity contribution is 0.0978. The maximum Gasteiger partial charge on any atom is 0.165 e. The molecule has 0 radical (unpaired) electrons. The molecule has 0 fully saturated rings. The molecular formula is C10H9Cl2FO. The molecule has 1 nitrogen and oxygen atoms in total. The third-order valence-corrected chi connectivity index (χ3v) is 2.27. The first kappa shape index (κ1) is 11.5. The van der Waals surface area contributed by atoms with Crippen LogP contribution in [0, 0.1) is 5.82 Å². The minimum atomic E-state index is -0.572. The molecule has 14 heavy (non-hydrogen) atoms. The molecule has 1 aromatic rings. The van der Waals surface area contributed by atoms with E-state index in [-0.39, 0.29) is 22.8 Å². The van der Waals surface area contributed by atoms with Crippen LogP contribution in [0.3, 0.4) is 0 Å². The monoisotopic (exact) mass is 234 g/mol. The Morgan fingerprint density at radius 1 is 1.43 bits per heavy atom. The Balaban J connectivity index is 2.80. The van der Waals surface area contributed by atoms with E-state index in [4.69, 9.17) is 23.2 Å². The topological polar surface area (TPSA) is 17.1 Å². The van der Waals surface area contributed by atoms with Gasteiger partial charge in [-0.1, -0.05) is 11.6 Å². The van der Waals surface area contributed by atoms with Gasteiger partial charge in [0.05, 0.1) is 5.56 Å². The normalized spacial score (nSPS) is 10.2. The Bertz CT molecular complexity index is 339. The largest absolute Gasteiger partial charge is 0.294 e. The van der Waals surface area contributed by atoms with Crippen molar-refractivity contribution in [3.8, 4) is 0 Å². The summed E-state index contributed by atoms with van der Waals surface area (Å²) < 4.78 is 13.2. The summed E-state index contributed by atoms with van der Waals surface area (Å²) in [6, 6.07) is 4.03. The number of hydrogen-bond donors (Lipinski definition) is 0. The van der Waals surface area contributed by atoms with Crippen LogP contribution >= 0.6 is 23.2 Å². The molecule has 0 aliphatic carbocycles. The van der Waals surface area contributed by atoms with E-state index < -0.39 is 5.82 Å². The Labute approximate surface area is 91.8 Å². The van der Waals surface area contributed by atoms with E-state index >= 15 is 0 Å². The minimum absolute atomic E-state index is 0.0829. The molecule has 0 heterocycles. The molecule has 0 N–H and O–H groups in total. The summed E-state index contributed by atoms with van der Waals surface area (Å²) in [6.07, 6.45) is 0.824. The van der Waals surface area contributed by atoms with E-state index in [1.807, 2.05) is 0 Å². The van der Waals surface area contributed by atoms with E-state index in [0.717, 1.165) is 6.07 Å². The average Bonchev–Trinajstić information content (AvgIpc) is 2.14. The molecule has 0 aromatic heterocycles. The highest BCUT2D eigenvalue weighted by molar-refractivity contribution is 6.30. The molecule has 0 bridgehead atoms. The SMILES string of the molecule is O=C(CCCCl)c1ccc(Cl)cc1F. The van der Waals surface area contributed by atoms with Crippen molar-refractivity contribution in [1.29, 1.82) is 0 Å². The Morgan fingerprint density at radius 3 is 2.71 bits per heavy atom.